The van der Waals surface area contributed by atoms with Crippen molar-refractivity contribution in [2.45, 2.75) is 32.2 Å². The molecule has 0 saturated carbocycles. The van der Waals surface area contributed by atoms with Gasteiger partial charge in [-0.15, -0.1) is 6.58 Å². The summed E-state index contributed by atoms with van der Waals surface area (Å²) in [4.78, 5) is 2.49. The Morgan fingerprint density at radius 3 is 2.77 bits per heavy atom. The van der Waals surface area contributed by atoms with Crippen LogP contribution in [0.15, 0.2) is 12.7 Å². The Balaban J connectivity index is 2.56. The summed E-state index contributed by atoms with van der Waals surface area (Å²) in [7, 11) is 0. The Hall–Kier alpha value is -0.340. The zero-order valence-corrected chi connectivity index (χ0v) is 8.92. The minimum Gasteiger partial charge on any atom is -0.330 e. The summed E-state index contributed by atoms with van der Waals surface area (Å²) in [5.74, 6) is 0.719. The van der Waals surface area contributed by atoms with E-state index >= 15 is 0 Å². The van der Waals surface area contributed by atoms with E-state index in [0.29, 0.717) is 5.54 Å². The van der Waals surface area contributed by atoms with Gasteiger partial charge in [0.05, 0.1) is 0 Å². The second-order valence-corrected chi connectivity index (χ2v) is 4.64. The molecule has 1 aliphatic heterocycles. The highest BCUT2D eigenvalue weighted by Crippen LogP contribution is 2.30. The van der Waals surface area contributed by atoms with E-state index < -0.39 is 0 Å². The van der Waals surface area contributed by atoms with Crippen molar-refractivity contribution >= 4 is 0 Å². The first kappa shape index (κ1) is 10.7. The summed E-state index contributed by atoms with van der Waals surface area (Å²) in [5, 5.41) is 0. The molecule has 1 aliphatic rings. The first-order valence-corrected chi connectivity index (χ1v) is 5.16. The molecule has 2 nitrogen and oxygen atoms in total. The van der Waals surface area contributed by atoms with Crippen molar-refractivity contribution < 1.29 is 0 Å². The van der Waals surface area contributed by atoms with Crippen molar-refractivity contribution in [3.05, 3.63) is 12.7 Å². The van der Waals surface area contributed by atoms with Crippen molar-refractivity contribution in [2.24, 2.45) is 11.7 Å². The number of hydrogen-bond acceptors (Lipinski definition) is 2. The maximum absolute atomic E-state index is 5.71. The Morgan fingerprint density at radius 2 is 2.31 bits per heavy atom. The standard InChI is InChI=1S/C11H22N2/c1-4-6-13-7-5-10(9-12)8-11(13,2)3/h4,10H,1,5-9,12H2,2-3H3. The maximum atomic E-state index is 5.71. The van der Waals surface area contributed by atoms with Gasteiger partial charge in [-0.25, -0.2) is 0 Å². The van der Waals surface area contributed by atoms with E-state index in [0.717, 1.165) is 19.0 Å². The van der Waals surface area contributed by atoms with E-state index in [2.05, 4.69) is 25.3 Å². The lowest BCUT2D eigenvalue weighted by Gasteiger charge is -2.45. The van der Waals surface area contributed by atoms with E-state index in [1.165, 1.54) is 19.4 Å². The molecule has 0 spiro atoms. The van der Waals surface area contributed by atoms with Gasteiger partial charge in [0.1, 0.15) is 0 Å². The van der Waals surface area contributed by atoms with Gasteiger partial charge in [0, 0.05) is 12.1 Å². The van der Waals surface area contributed by atoms with Crippen LogP contribution in [-0.2, 0) is 0 Å². The Bertz CT molecular complexity index is 175. The summed E-state index contributed by atoms with van der Waals surface area (Å²) in [6.07, 6.45) is 4.45. The number of likely N-dealkylation sites (tertiary alicyclic amines) is 1. The summed E-state index contributed by atoms with van der Waals surface area (Å²) in [5.41, 5.74) is 6.01. The van der Waals surface area contributed by atoms with E-state index in [1.807, 2.05) is 6.08 Å². The molecule has 1 atom stereocenters. The van der Waals surface area contributed by atoms with Crippen molar-refractivity contribution in [3.63, 3.8) is 0 Å². The predicted molar refractivity (Wildman–Crippen MR) is 57.6 cm³/mol. The number of rotatable bonds is 3. The third kappa shape index (κ3) is 2.55. The molecule has 13 heavy (non-hydrogen) atoms. The summed E-state index contributed by atoms with van der Waals surface area (Å²) in [6.45, 7) is 11.4. The highest BCUT2D eigenvalue weighted by atomic mass is 15.2. The first-order chi connectivity index (χ1) is 6.10. The lowest BCUT2D eigenvalue weighted by Crippen LogP contribution is -2.50. The largest absolute Gasteiger partial charge is 0.330 e. The van der Waals surface area contributed by atoms with Gasteiger partial charge in [-0.3, -0.25) is 4.90 Å². The van der Waals surface area contributed by atoms with Gasteiger partial charge in [-0.05, 0) is 45.7 Å². The Kier molecular flexibility index (Phi) is 3.51. The minimum absolute atomic E-state index is 0.302. The third-order valence-corrected chi connectivity index (χ3v) is 3.13. The summed E-state index contributed by atoms with van der Waals surface area (Å²) >= 11 is 0. The van der Waals surface area contributed by atoms with Crippen molar-refractivity contribution in [2.75, 3.05) is 19.6 Å². The van der Waals surface area contributed by atoms with Crippen LogP contribution in [0.5, 0.6) is 0 Å². The van der Waals surface area contributed by atoms with Gasteiger partial charge in [0.15, 0.2) is 0 Å². The van der Waals surface area contributed by atoms with Gasteiger partial charge in [-0.1, -0.05) is 6.08 Å². The molecule has 1 fully saturated rings. The van der Waals surface area contributed by atoms with Crippen LogP contribution >= 0.6 is 0 Å². The molecule has 1 rings (SSSR count). The molecule has 1 unspecified atom stereocenters. The molecule has 1 saturated heterocycles. The van der Waals surface area contributed by atoms with Crippen molar-refractivity contribution in [3.8, 4) is 0 Å². The SMILES string of the molecule is C=CCN1CCC(CN)CC1(C)C. The van der Waals surface area contributed by atoms with Gasteiger partial charge < -0.3 is 5.73 Å². The summed E-state index contributed by atoms with van der Waals surface area (Å²) < 4.78 is 0. The quantitative estimate of drug-likeness (QED) is 0.672. The van der Waals surface area contributed by atoms with E-state index in [-0.39, 0.29) is 0 Å². The van der Waals surface area contributed by atoms with E-state index in [4.69, 9.17) is 5.73 Å². The Morgan fingerprint density at radius 1 is 1.62 bits per heavy atom. The van der Waals surface area contributed by atoms with Crippen LogP contribution in [0.4, 0.5) is 0 Å². The molecule has 2 heteroatoms. The van der Waals surface area contributed by atoms with Crippen LogP contribution in [0.2, 0.25) is 0 Å². The third-order valence-electron chi connectivity index (χ3n) is 3.13. The smallest absolute Gasteiger partial charge is 0.0165 e. The van der Waals surface area contributed by atoms with Crippen molar-refractivity contribution in [1.29, 1.82) is 0 Å². The van der Waals surface area contributed by atoms with E-state index in [9.17, 15) is 0 Å². The Labute approximate surface area is 81.8 Å². The molecular weight excluding hydrogens is 160 g/mol. The lowest BCUT2D eigenvalue weighted by molar-refractivity contribution is 0.0603. The van der Waals surface area contributed by atoms with Crippen LogP contribution in [0, 0.1) is 5.92 Å². The van der Waals surface area contributed by atoms with Gasteiger partial charge in [-0.2, -0.15) is 0 Å². The first-order valence-electron chi connectivity index (χ1n) is 5.16. The second-order valence-electron chi connectivity index (χ2n) is 4.64. The number of nitrogens with zero attached hydrogens (tertiary/aromatic N) is 1. The van der Waals surface area contributed by atoms with Crippen molar-refractivity contribution in [1.82, 2.24) is 4.90 Å². The molecule has 0 bridgehead atoms. The monoisotopic (exact) mass is 182 g/mol. The van der Waals surface area contributed by atoms with Gasteiger partial charge in [0.25, 0.3) is 0 Å². The minimum atomic E-state index is 0.302. The predicted octanol–water partition coefficient (Wildman–Crippen LogP) is 1.62. The zero-order chi connectivity index (χ0) is 9.90. The number of nitrogens with two attached hydrogens (primary N) is 1. The molecule has 0 aliphatic carbocycles. The summed E-state index contributed by atoms with van der Waals surface area (Å²) in [6, 6.07) is 0. The van der Waals surface area contributed by atoms with Crippen LogP contribution in [0.25, 0.3) is 0 Å². The van der Waals surface area contributed by atoms with Gasteiger partial charge >= 0.3 is 0 Å². The molecule has 0 radical (unpaired) electrons. The normalized spacial score (nSPS) is 28.7. The topological polar surface area (TPSA) is 29.3 Å². The number of piperidine rings is 1. The molecule has 76 valence electrons. The second kappa shape index (κ2) is 4.25. The number of hydrogen-bond donors (Lipinski definition) is 1. The molecule has 0 aromatic rings. The molecule has 2 N–H and O–H groups in total. The van der Waals surface area contributed by atoms with Crippen LogP contribution in [0.1, 0.15) is 26.7 Å². The zero-order valence-electron chi connectivity index (χ0n) is 8.92. The molecule has 0 amide bonds. The fraction of sp³-hybridized carbons (Fsp3) is 0.818. The fourth-order valence-electron chi connectivity index (χ4n) is 2.27. The highest BCUT2D eigenvalue weighted by molar-refractivity contribution is 4.92. The molecule has 1 heterocycles. The van der Waals surface area contributed by atoms with Crippen LogP contribution < -0.4 is 5.73 Å². The fourth-order valence-corrected chi connectivity index (χ4v) is 2.27. The van der Waals surface area contributed by atoms with E-state index in [1.54, 1.807) is 0 Å². The molecule has 0 aromatic carbocycles. The lowest BCUT2D eigenvalue weighted by atomic mass is 9.83. The average Bonchev–Trinajstić information content (AvgIpc) is 2.08. The van der Waals surface area contributed by atoms with Crippen LogP contribution in [-0.4, -0.2) is 30.1 Å². The average molecular weight is 182 g/mol. The van der Waals surface area contributed by atoms with Gasteiger partial charge in [0.2, 0.25) is 0 Å². The van der Waals surface area contributed by atoms with Crippen LogP contribution in [0.3, 0.4) is 0 Å². The molecule has 0 aromatic heterocycles. The maximum Gasteiger partial charge on any atom is 0.0165 e. The molecular formula is C11H22N2. The highest BCUT2D eigenvalue weighted by Gasteiger charge is 2.32.